The van der Waals surface area contributed by atoms with Crippen molar-refractivity contribution < 1.29 is 4.79 Å². The zero-order valence-electron chi connectivity index (χ0n) is 9.55. The zero-order chi connectivity index (χ0) is 10.8. The molecule has 15 heavy (non-hydrogen) atoms. The van der Waals surface area contributed by atoms with Gasteiger partial charge in [0, 0.05) is 6.42 Å². The minimum absolute atomic E-state index is 0.314. The lowest BCUT2D eigenvalue weighted by Gasteiger charge is -2.26. The molecule has 0 aliphatic heterocycles. The minimum atomic E-state index is 0.314. The van der Waals surface area contributed by atoms with Crippen molar-refractivity contribution in [2.75, 3.05) is 0 Å². The van der Waals surface area contributed by atoms with Crippen LogP contribution >= 0.6 is 0 Å². The van der Waals surface area contributed by atoms with Crippen molar-refractivity contribution in [1.82, 2.24) is 0 Å². The summed E-state index contributed by atoms with van der Waals surface area (Å²) in [6, 6.07) is 6.50. The first-order chi connectivity index (χ1) is 7.18. The van der Waals surface area contributed by atoms with Gasteiger partial charge in [0.05, 0.1) is 0 Å². The Hall–Kier alpha value is -1.11. The van der Waals surface area contributed by atoms with E-state index in [1.807, 2.05) is 0 Å². The molecule has 1 aliphatic carbocycles. The quantitative estimate of drug-likeness (QED) is 0.718. The minimum Gasteiger partial charge on any atom is -0.300 e. The molecule has 0 bridgehead atoms. The van der Waals surface area contributed by atoms with Crippen LogP contribution in [-0.2, 0) is 11.2 Å². The van der Waals surface area contributed by atoms with E-state index in [1.54, 1.807) is 6.92 Å². The van der Waals surface area contributed by atoms with E-state index in [0.29, 0.717) is 11.7 Å². The molecule has 0 spiro atoms. The van der Waals surface area contributed by atoms with Crippen LogP contribution in [0.4, 0.5) is 0 Å². The van der Waals surface area contributed by atoms with Gasteiger partial charge in [-0.2, -0.15) is 0 Å². The Kier molecular flexibility index (Phi) is 2.90. The lowest BCUT2D eigenvalue weighted by Crippen LogP contribution is -2.13. The molecule has 80 valence electrons. The molecule has 0 fully saturated rings. The summed E-state index contributed by atoms with van der Waals surface area (Å²) in [5.41, 5.74) is 4.31. The molecule has 1 heteroatoms. The third-order valence-corrected chi connectivity index (χ3v) is 3.40. The summed E-state index contributed by atoms with van der Waals surface area (Å²) in [6.45, 7) is 3.87. The SMILES string of the molecule is CC(=O)CC1CCCc2c(C)cccc21. The van der Waals surface area contributed by atoms with E-state index < -0.39 is 0 Å². The molecule has 0 saturated heterocycles. The molecular formula is C14H18O. The number of hydrogen-bond donors (Lipinski definition) is 0. The molecule has 1 aliphatic rings. The summed E-state index contributed by atoms with van der Waals surface area (Å²) in [7, 11) is 0. The average Bonchev–Trinajstić information content (AvgIpc) is 2.19. The van der Waals surface area contributed by atoms with E-state index in [2.05, 4.69) is 25.1 Å². The molecule has 1 nitrogen and oxygen atoms in total. The number of rotatable bonds is 2. The Bertz CT molecular complexity index is 379. The van der Waals surface area contributed by atoms with Crippen LogP contribution in [-0.4, -0.2) is 5.78 Å². The number of carbonyl (C=O) groups is 1. The number of carbonyl (C=O) groups excluding carboxylic acids is 1. The normalized spacial score (nSPS) is 19.7. The number of fused-ring (bicyclic) bond motifs is 1. The van der Waals surface area contributed by atoms with Gasteiger partial charge < -0.3 is 4.79 Å². The number of aryl methyl sites for hydroxylation is 1. The fourth-order valence-electron chi connectivity index (χ4n) is 2.69. The fraction of sp³-hybridized carbons (Fsp3) is 0.500. The van der Waals surface area contributed by atoms with Crippen molar-refractivity contribution in [3.63, 3.8) is 0 Å². The van der Waals surface area contributed by atoms with E-state index in [1.165, 1.54) is 36.0 Å². The highest BCUT2D eigenvalue weighted by Crippen LogP contribution is 2.35. The first kappa shape index (κ1) is 10.4. The van der Waals surface area contributed by atoms with Gasteiger partial charge in [-0.3, -0.25) is 0 Å². The number of ketones is 1. The van der Waals surface area contributed by atoms with Gasteiger partial charge in [0.25, 0.3) is 0 Å². The predicted molar refractivity (Wildman–Crippen MR) is 62.2 cm³/mol. The van der Waals surface area contributed by atoms with E-state index in [4.69, 9.17) is 0 Å². The van der Waals surface area contributed by atoms with Crippen molar-refractivity contribution in [3.8, 4) is 0 Å². The van der Waals surface area contributed by atoms with Crippen LogP contribution in [0.3, 0.4) is 0 Å². The third-order valence-electron chi connectivity index (χ3n) is 3.40. The Balaban J connectivity index is 2.34. The van der Waals surface area contributed by atoms with Crippen LogP contribution in [0.2, 0.25) is 0 Å². The molecule has 1 unspecified atom stereocenters. The van der Waals surface area contributed by atoms with Gasteiger partial charge in [0.2, 0.25) is 0 Å². The van der Waals surface area contributed by atoms with Crippen LogP contribution < -0.4 is 0 Å². The Labute approximate surface area is 91.5 Å². The van der Waals surface area contributed by atoms with Gasteiger partial charge in [-0.05, 0) is 55.7 Å². The van der Waals surface area contributed by atoms with Crippen molar-refractivity contribution in [1.29, 1.82) is 0 Å². The zero-order valence-corrected chi connectivity index (χ0v) is 9.55. The molecule has 2 rings (SSSR count). The van der Waals surface area contributed by atoms with Gasteiger partial charge in [-0.1, -0.05) is 18.2 Å². The lowest BCUT2D eigenvalue weighted by atomic mass is 9.79. The van der Waals surface area contributed by atoms with Crippen LogP contribution in [0.1, 0.15) is 48.8 Å². The fourth-order valence-corrected chi connectivity index (χ4v) is 2.69. The first-order valence-electron chi connectivity index (χ1n) is 5.76. The molecule has 0 aromatic heterocycles. The monoisotopic (exact) mass is 202 g/mol. The molecule has 0 heterocycles. The summed E-state index contributed by atoms with van der Waals surface area (Å²) in [5.74, 6) is 0.792. The Morgan fingerprint density at radius 2 is 2.27 bits per heavy atom. The van der Waals surface area contributed by atoms with Crippen molar-refractivity contribution in [3.05, 3.63) is 34.9 Å². The maximum absolute atomic E-state index is 11.2. The highest BCUT2D eigenvalue weighted by Gasteiger charge is 2.21. The average molecular weight is 202 g/mol. The predicted octanol–water partition coefficient (Wildman–Crippen LogP) is 3.39. The number of hydrogen-bond acceptors (Lipinski definition) is 1. The Morgan fingerprint density at radius 1 is 1.47 bits per heavy atom. The van der Waals surface area contributed by atoms with Gasteiger partial charge in [-0.25, -0.2) is 0 Å². The van der Waals surface area contributed by atoms with Gasteiger partial charge >= 0.3 is 0 Å². The van der Waals surface area contributed by atoms with Crippen molar-refractivity contribution in [2.45, 2.75) is 45.4 Å². The second-order valence-electron chi connectivity index (χ2n) is 4.64. The summed E-state index contributed by atoms with van der Waals surface area (Å²) in [6.07, 6.45) is 4.32. The summed E-state index contributed by atoms with van der Waals surface area (Å²) in [5, 5.41) is 0. The molecule has 1 atom stereocenters. The standard InChI is InChI=1S/C14H18O/c1-10-5-3-8-14-12(9-11(2)15)6-4-7-13(10)14/h3,5,8,12H,4,6-7,9H2,1-2H3. The second-order valence-corrected chi connectivity index (χ2v) is 4.64. The van der Waals surface area contributed by atoms with Gasteiger partial charge in [-0.15, -0.1) is 0 Å². The maximum Gasteiger partial charge on any atom is 0.130 e. The molecular weight excluding hydrogens is 184 g/mol. The molecule has 1 aromatic carbocycles. The van der Waals surface area contributed by atoms with Gasteiger partial charge in [0.15, 0.2) is 0 Å². The number of Topliss-reactive ketones (excluding diaryl/α,β-unsaturated/α-hetero) is 1. The molecule has 0 saturated carbocycles. The van der Waals surface area contributed by atoms with Crippen LogP contribution in [0.25, 0.3) is 0 Å². The second kappa shape index (κ2) is 4.18. The summed E-state index contributed by atoms with van der Waals surface area (Å²) >= 11 is 0. The Morgan fingerprint density at radius 3 is 3.00 bits per heavy atom. The largest absolute Gasteiger partial charge is 0.300 e. The van der Waals surface area contributed by atoms with E-state index >= 15 is 0 Å². The molecule has 0 N–H and O–H groups in total. The molecule has 0 amide bonds. The first-order valence-corrected chi connectivity index (χ1v) is 5.76. The number of benzene rings is 1. The summed E-state index contributed by atoms with van der Waals surface area (Å²) < 4.78 is 0. The third kappa shape index (κ3) is 2.11. The van der Waals surface area contributed by atoms with Crippen molar-refractivity contribution in [2.24, 2.45) is 0 Å². The smallest absolute Gasteiger partial charge is 0.130 e. The molecule has 1 aromatic rings. The lowest BCUT2D eigenvalue weighted by molar-refractivity contribution is -0.117. The highest BCUT2D eigenvalue weighted by molar-refractivity contribution is 5.76. The van der Waals surface area contributed by atoms with E-state index in [0.717, 1.165) is 6.42 Å². The van der Waals surface area contributed by atoms with Crippen molar-refractivity contribution >= 4 is 5.78 Å². The van der Waals surface area contributed by atoms with Gasteiger partial charge in [0.1, 0.15) is 5.78 Å². The van der Waals surface area contributed by atoms with E-state index in [-0.39, 0.29) is 0 Å². The van der Waals surface area contributed by atoms with E-state index in [9.17, 15) is 4.79 Å². The van der Waals surface area contributed by atoms with Crippen LogP contribution in [0.15, 0.2) is 18.2 Å². The maximum atomic E-state index is 11.2. The molecule has 0 radical (unpaired) electrons. The van der Waals surface area contributed by atoms with Crippen LogP contribution in [0.5, 0.6) is 0 Å². The van der Waals surface area contributed by atoms with Crippen LogP contribution in [0, 0.1) is 6.92 Å². The highest BCUT2D eigenvalue weighted by atomic mass is 16.1. The topological polar surface area (TPSA) is 17.1 Å². The summed E-state index contributed by atoms with van der Waals surface area (Å²) in [4.78, 5) is 11.2.